The quantitative estimate of drug-likeness (QED) is 0.148. The van der Waals surface area contributed by atoms with Crippen molar-refractivity contribution >= 4 is 11.9 Å². The van der Waals surface area contributed by atoms with Crippen molar-refractivity contribution in [3.63, 3.8) is 0 Å². The SMILES string of the molecule is CCCCOC(=O)CCN(O)CCC(=O)OCCCC.Cc1ccc(OCCCCN(C)N(C)C)c(C)c1. The number of nitrogens with zero attached hydrogens (tertiary/aromatic N) is 3. The Labute approximate surface area is 230 Å². The van der Waals surface area contributed by atoms with Gasteiger partial charge in [-0.1, -0.05) is 44.4 Å². The second-order valence-electron chi connectivity index (χ2n) is 9.65. The molecule has 0 heterocycles. The van der Waals surface area contributed by atoms with Crippen molar-refractivity contribution < 1.29 is 29.0 Å². The third kappa shape index (κ3) is 19.9. The van der Waals surface area contributed by atoms with Crippen LogP contribution in [0.5, 0.6) is 5.75 Å². The van der Waals surface area contributed by atoms with Crippen molar-refractivity contribution in [1.82, 2.24) is 15.1 Å². The smallest absolute Gasteiger partial charge is 0.307 e. The molecule has 0 spiro atoms. The Morgan fingerprint density at radius 2 is 1.34 bits per heavy atom. The third-order valence-electron chi connectivity index (χ3n) is 5.82. The highest BCUT2D eigenvalue weighted by Crippen LogP contribution is 2.18. The van der Waals surface area contributed by atoms with Crippen molar-refractivity contribution in [1.29, 1.82) is 0 Å². The zero-order valence-electron chi connectivity index (χ0n) is 25.0. The first-order valence-corrected chi connectivity index (χ1v) is 13.9. The lowest BCUT2D eigenvalue weighted by Crippen LogP contribution is -2.33. The number of hydrazine groups is 1. The summed E-state index contributed by atoms with van der Waals surface area (Å²) in [5, 5.41) is 14.8. The molecule has 9 nitrogen and oxygen atoms in total. The first-order chi connectivity index (χ1) is 18.1. The van der Waals surface area contributed by atoms with Crippen LogP contribution in [0, 0.1) is 13.8 Å². The van der Waals surface area contributed by atoms with Crippen molar-refractivity contribution in [3.05, 3.63) is 29.3 Å². The van der Waals surface area contributed by atoms with E-state index in [4.69, 9.17) is 14.2 Å². The summed E-state index contributed by atoms with van der Waals surface area (Å²) in [5.41, 5.74) is 2.51. The van der Waals surface area contributed by atoms with E-state index in [1.54, 1.807) is 0 Å². The molecule has 0 aliphatic carbocycles. The van der Waals surface area contributed by atoms with Crippen molar-refractivity contribution in [2.24, 2.45) is 0 Å². The van der Waals surface area contributed by atoms with E-state index in [0.29, 0.717) is 13.2 Å². The summed E-state index contributed by atoms with van der Waals surface area (Å²) in [7, 11) is 6.23. The number of esters is 2. The van der Waals surface area contributed by atoms with Crippen LogP contribution in [0.2, 0.25) is 0 Å². The number of aryl methyl sites for hydroxylation is 2. The van der Waals surface area contributed by atoms with Crippen molar-refractivity contribution in [3.8, 4) is 5.75 Å². The van der Waals surface area contributed by atoms with E-state index in [1.807, 2.05) is 13.8 Å². The van der Waals surface area contributed by atoms with Gasteiger partial charge in [0.2, 0.25) is 0 Å². The Morgan fingerprint density at radius 1 is 0.789 bits per heavy atom. The van der Waals surface area contributed by atoms with E-state index in [2.05, 4.69) is 63.2 Å². The summed E-state index contributed by atoms with van der Waals surface area (Å²) in [5.74, 6) is 0.354. The van der Waals surface area contributed by atoms with E-state index in [-0.39, 0.29) is 37.9 Å². The van der Waals surface area contributed by atoms with Crippen LogP contribution >= 0.6 is 0 Å². The number of benzene rings is 1. The molecule has 0 saturated carbocycles. The van der Waals surface area contributed by atoms with Gasteiger partial charge in [-0.05, 0) is 51.2 Å². The van der Waals surface area contributed by atoms with Crippen molar-refractivity contribution in [2.45, 2.75) is 79.1 Å². The zero-order valence-corrected chi connectivity index (χ0v) is 25.0. The summed E-state index contributed by atoms with van der Waals surface area (Å²) in [6.45, 7) is 11.3. The van der Waals surface area contributed by atoms with E-state index in [1.165, 1.54) is 11.1 Å². The normalized spacial score (nSPS) is 10.9. The lowest BCUT2D eigenvalue weighted by atomic mass is 10.1. The summed E-state index contributed by atoms with van der Waals surface area (Å²) < 4.78 is 15.7. The average molecular weight is 540 g/mol. The molecule has 9 heteroatoms. The van der Waals surface area contributed by atoms with Crippen LogP contribution in [0.4, 0.5) is 0 Å². The maximum atomic E-state index is 11.3. The molecule has 0 atom stereocenters. The van der Waals surface area contributed by atoms with Gasteiger partial charge in [0, 0.05) is 40.8 Å². The number of ether oxygens (including phenoxy) is 3. The molecule has 38 heavy (non-hydrogen) atoms. The third-order valence-corrected chi connectivity index (χ3v) is 5.82. The van der Waals surface area contributed by atoms with Gasteiger partial charge in [0.15, 0.2) is 0 Å². The molecule has 0 unspecified atom stereocenters. The van der Waals surface area contributed by atoms with Crippen LogP contribution in [-0.2, 0) is 19.1 Å². The van der Waals surface area contributed by atoms with Gasteiger partial charge in [-0.15, -0.1) is 0 Å². The Hall–Kier alpha value is -2.20. The molecule has 0 saturated heterocycles. The second-order valence-corrected chi connectivity index (χ2v) is 9.65. The molecular weight excluding hydrogens is 486 g/mol. The van der Waals surface area contributed by atoms with Crippen molar-refractivity contribution in [2.75, 3.05) is 60.6 Å². The fraction of sp³-hybridized carbons (Fsp3) is 0.724. The summed E-state index contributed by atoms with van der Waals surface area (Å²) in [6.07, 6.45) is 6.11. The Kier molecular flexibility index (Phi) is 21.4. The minimum atomic E-state index is -0.331. The molecule has 1 rings (SSSR count). The van der Waals surface area contributed by atoms with Gasteiger partial charge in [0.25, 0.3) is 0 Å². The molecule has 1 N–H and O–H groups in total. The Balaban J connectivity index is 0.000000724. The summed E-state index contributed by atoms with van der Waals surface area (Å²) in [6, 6.07) is 6.33. The number of rotatable bonds is 19. The van der Waals surface area contributed by atoms with E-state index in [9.17, 15) is 14.8 Å². The monoisotopic (exact) mass is 539 g/mol. The molecule has 0 aliphatic rings. The number of hydrogen-bond donors (Lipinski definition) is 1. The lowest BCUT2D eigenvalue weighted by Gasteiger charge is -2.23. The van der Waals surface area contributed by atoms with Gasteiger partial charge in [-0.2, -0.15) is 5.06 Å². The maximum absolute atomic E-state index is 11.3. The second kappa shape index (κ2) is 22.8. The molecule has 1 aromatic carbocycles. The van der Waals surface area contributed by atoms with Crippen LogP contribution < -0.4 is 4.74 Å². The molecule has 220 valence electrons. The van der Waals surface area contributed by atoms with Crippen LogP contribution in [0.1, 0.15) is 76.3 Å². The van der Waals surface area contributed by atoms with Gasteiger partial charge in [-0.3, -0.25) is 9.59 Å². The van der Waals surface area contributed by atoms with Crippen LogP contribution in [0.15, 0.2) is 18.2 Å². The number of hydrogen-bond acceptors (Lipinski definition) is 9. The lowest BCUT2D eigenvalue weighted by molar-refractivity contribution is -0.152. The molecule has 0 aromatic heterocycles. The fourth-order valence-electron chi connectivity index (χ4n) is 3.14. The molecule has 0 radical (unpaired) electrons. The molecule has 0 aliphatic heterocycles. The first-order valence-electron chi connectivity index (χ1n) is 13.9. The predicted molar refractivity (Wildman–Crippen MR) is 151 cm³/mol. The average Bonchev–Trinajstić information content (AvgIpc) is 2.87. The van der Waals surface area contributed by atoms with Gasteiger partial charge >= 0.3 is 11.9 Å². The summed E-state index contributed by atoms with van der Waals surface area (Å²) in [4.78, 5) is 22.6. The van der Waals surface area contributed by atoms with E-state index < -0.39 is 0 Å². The number of carbonyl (C=O) groups is 2. The van der Waals surface area contributed by atoms with Gasteiger partial charge in [0.05, 0.1) is 32.7 Å². The maximum Gasteiger partial charge on any atom is 0.307 e. The molecule has 0 bridgehead atoms. The minimum Gasteiger partial charge on any atom is -0.493 e. The molecule has 0 amide bonds. The Bertz CT molecular complexity index is 734. The predicted octanol–water partition coefficient (Wildman–Crippen LogP) is 5.02. The number of hydroxylamine groups is 2. The largest absolute Gasteiger partial charge is 0.493 e. The van der Waals surface area contributed by atoms with Crippen LogP contribution in [-0.4, -0.2) is 92.8 Å². The zero-order chi connectivity index (χ0) is 28.8. The molecule has 0 fully saturated rings. The standard InChI is InChI=1S/C15H26N2O.C14H27NO5/c1-13-8-9-15(14(2)12-13)18-11-7-6-10-17(5)16(3)4;1-3-5-11-19-13(16)7-9-15(18)10-8-14(17)20-12-6-4-2/h8-9,12H,6-7,10-11H2,1-5H3;18H,3-12H2,1-2H3. The molecular formula is C29H53N3O6. The van der Waals surface area contributed by atoms with Crippen LogP contribution in [0.25, 0.3) is 0 Å². The fourth-order valence-corrected chi connectivity index (χ4v) is 3.14. The topological polar surface area (TPSA) is 91.8 Å². The van der Waals surface area contributed by atoms with Crippen LogP contribution in [0.3, 0.4) is 0 Å². The van der Waals surface area contributed by atoms with Gasteiger partial charge < -0.3 is 19.4 Å². The van der Waals surface area contributed by atoms with Gasteiger partial charge in [-0.25, -0.2) is 10.0 Å². The van der Waals surface area contributed by atoms with E-state index >= 15 is 0 Å². The highest BCUT2D eigenvalue weighted by molar-refractivity contribution is 5.70. The molecule has 1 aromatic rings. The Morgan fingerprint density at radius 3 is 1.82 bits per heavy atom. The number of unbranched alkanes of at least 4 members (excludes halogenated alkanes) is 3. The highest BCUT2D eigenvalue weighted by Gasteiger charge is 2.10. The highest BCUT2D eigenvalue weighted by atomic mass is 16.5. The van der Waals surface area contributed by atoms with Gasteiger partial charge in [0.1, 0.15) is 5.75 Å². The summed E-state index contributed by atoms with van der Waals surface area (Å²) >= 11 is 0. The first kappa shape index (κ1) is 35.8. The minimum absolute atomic E-state index is 0.116. The number of carbonyl (C=O) groups excluding carboxylic acids is 2. The van der Waals surface area contributed by atoms with E-state index in [0.717, 1.165) is 62.5 Å².